The molecule has 2 saturated heterocycles. The summed E-state index contributed by atoms with van der Waals surface area (Å²) < 4.78 is 71.1. The zero-order chi connectivity index (χ0) is 62.1. The second-order valence-corrected chi connectivity index (χ2v) is 30.2. The van der Waals surface area contributed by atoms with Crippen LogP contribution in [0.5, 0.6) is 11.8 Å². The van der Waals surface area contributed by atoms with Gasteiger partial charge in [-0.3, -0.25) is 14.4 Å². The Labute approximate surface area is 651 Å². The smallest absolute Gasteiger partial charge is 1.00 e. The Kier molecular flexibility index (Phi) is 25.7. The Hall–Kier alpha value is -2.66. The molecular formula is C63H82Cl2K2N10O11S4. The fourth-order valence-corrected chi connectivity index (χ4v) is 17.5. The number of aryl methyl sites for hydroxylation is 2. The molecule has 2 amide bonds. The zero-order valence-electron chi connectivity index (χ0n) is 54.7. The minimum atomic E-state index is -4.07. The van der Waals surface area contributed by atoms with Gasteiger partial charge in [0.1, 0.15) is 11.0 Å². The number of benzene rings is 2. The molecule has 92 heavy (non-hydrogen) atoms. The van der Waals surface area contributed by atoms with Crippen LogP contribution < -0.4 is 137 Å². The molecule has 21 nitrogen and oxygen atoms in total. The summed E-state index contributed by atoms with van der Waals surface area (Å²) in [6, 6.07) is 22.9. The van der Waals surface area contributed by atoms with Gasteiger partial charge in [-0.15, -0.1) is 22.6 Å². The van der Waals surface area contributed by atoms with Crippen molar-refractivity contribution in [2.45, 2.75) is 140 Å². The van der Waals surface area contributed by atoms with Crippen molar-refractivity contribution < 1.29 is 155 Å². The molecule has 8 fully saturated rings. The Bertz CT molecular complexity index is 3850. The third kappa shape index (κ3) is 16.2. The Balaban J connectivity index is 0.000000274. The first-order valence-corrected chi connectivity index (χ1v) is 33.1. The first-order valence-electron chi connectivity index (χ1n) is 29.8. The van der Waals surface area contributed by atoms with E-state index in [9.17, 15) is 26.4 Å². The zero-order valence-corrected chi connectivity index (χ0v) is 65.2. The van der Waals surface area contributed by atoms with E-state index in [1.165, 1.54) is 87.2 Å². The molecule has 4 spiro atoms. The van der Waals surface area contributed by atoms with Crippen LogP contribution in [-0.2, 0) is 29.7 Å². The van der Waals surface area contributed by atoms with Crippen molar-refractivity contribution in [3.05, 3.63) is 125 Å². The van der Waals surface area contributed by atoms with Gasteiger partial charge in [-0.05, 0) is 193 Å². The summed E-state index contributed by atoms with van der Waals surface area (Å²) in [6.07, 6.45) is 16.5. The van der Waals surface area contributed by atoms with Crippen LogP contribution in [0.1, 0.15) is 139 Å². The van der Waals surface area contributed by atoms with E-state index in [1.54, 1.807) is 85.4 Å². The van der Waals surface area contributed by atoms with E-state index in [0.29, 0.717) is 105 Å². The predicted molar refractivity (Wildman–Crippen MR) is 351 cm³/mol. The van der Waals surface area contributed by atoms with Crippen molar-refractivity contribution in [3.63, 3.8) is 0 Å². The maximum absolute atomic E-state index is 13.5. The molecule has 8 aliphatic rings. The molecule has 6 heterocycles. The van der Waals surface area contributed by atoms with Gasteiger partial charge in [0.2, 0.25) is 11.8 Å². The van der Waals surface area contributed by atoms with E-state index in [4.69, 9.17) is 36.1 Å². The van der Waals surface area contributed by atoms with Crippen molar-refractivity contribution in [1.29, 1.82) is 0 Å². The number of nitrogens with one attached hydrogen (secondary N) is 3. The van der Waals surface area contributed by atoms with Gasteiger partial charge < -0.3 is 31.3 Å². The summed E-state index contributed by atoms with van der Waals surface area (Å²) in [4.78, 5) is 48.8. The molecule has 6 saturated carbocycles. The summed E-state index contributed by atoms with van der Waals surface area (Å²) in [6.45, 7) is 19.7. The van der Waals surface area contributed by atoms with Crippen molar-refractivity contribution in [3.8, 4) is 23.4 Å². The summed E-state index contributed by atoms with van der Waals surface area (Å²) in [5, 5.41) is 20.8. The van der Waals surface area contributed by atoms with Gasteiger partial charge in [-0.2, -0.15) is 27.0 Å². The summed E-state index contributed by atoms with van der Waals surface area (Å²) >= 11 is 6.24. The van der Waals surface area contributed by atoms with E-state index >= 15 is 0 Å². The second kappa shape index (κ2) is 30.2. The molecule has 0 radical (unpaired) electrons. The number of halogens is 2. The second-order valence-electron chi connectivity index (χ2n) is 26.5. The standard InChI is InChI=1S/C31H37N5O4S.C24H23ClN4O4S.C7H15N.CH2O3.ClH.2K.2H2S.H/c1-20-17-29(3,4)35(18-20)27-22(28(37)34-41(38,39)23-8-6-5-7-21(23)2)9-10-25(32-27)36-16-11-26(33-36)40-19-24-30(12-13-30)31(24)14-15-31;1-15-4-2-3-5-17(15)34(31,32)28-22(30)16-6-7-19(26-21(16)25)29-13-8-20(27-29)33-14-18-23(9-10-23)24(18)11-12-24;1-6-4-7(2,3)8-5-6;2-1-4-3;;;;;;/h5-11,16,20,24H,12-15,17-19H2,1-4H3,(H,34,37);2-8,13,18H,9-12,14H2,1H3,(H,28,30);6,8H,4-5H2,1-3H3;1,3H;1H;;;2*1H2;/q;;;;;2*+1;;;-1/p-1/t20-;;6-;;;;;;;/m0.0......./s1. The Morgan fingerprint density at radius 3 is 1.42 bits per heavy atom. The number of carbonyl (C=O) groups is 3. The number of ether oxygens (including phenoxy) is 2. The number of fused-ring (bicyclic) bond motifs is 2. The van der Waals surface area contributed by atoms with Gasteiger partial charge >= 0.3 is 103 Å². The van der Waals surface area contributed by atoms with E-state index in [0.717, 1.165) is 12.3 Å². The summed E-state index contributed by atoms with van der Waals surface area (Å²) in [5.41, 5.74) is 3.70. The summed E-state index contributed by atoms with van der Waals surface area (Å²) in [7, 11) is -8.12. The molecule has 4 aromatic heterocycles. The molecular weight excluding hydrogens is 1350 g/mol. The molecule has 6 aliphatic carbocycles. The van der Waals surface area contributed by atoms with Gasteiger partial charge in [-0.1, -0.05) is 61.8 Å². The topological polar surface area (TPSA) is 271 Å². The fraction of sp³-hybridized carbons (Fsp3) is 0.508. The van der Waals surface area contributed by atoms with E-state index < -0.39 is 31.9 Å². The van der Waals surface area contributed by atoms with Gasteiger partial charge in [0.05, 0.1) is 34.1 Å². The van der Waals surface area contributed by atoms with E-state index in [2.05, 4.69) is 81.3 Å². The van der Waals surface area contributed by atoms with Crippen molar-refractivity contribution in [1.82, 2.24) is 44.3 Å². The molecule has 2 aliphatic heterocycles. The predicted octanol–water partition coefficient (Wildman–Crippen LogP) is 3.40. The number of nitrogens with zero attached hydrogens (tertiary/aromatic N) is 7. The molecule has 2 aromatic carbocycles. The maximum Gasteiger partial charge on any atom is 1.00 e. The SMILES string of the molecule is C[C@@H]1CNC(C)(C)C1.Cc1ccccc1S(=O)(=O)NC(=O)c1ccc(-n2ccc(OCC3C4(CC4)C34CC4)n2)nc1Cl.Cc1ccccc1S(=O)(=O)NC(=O)c1ccc(-n2ccc(OCC3C4(CC4)C34CC4)n2)nc1N1C[C@@H](C)CC1(C)C.Cl.O=CO[O-].S.S.[H-].[K+].[K+]. The number of sulfonamides is 2. The van der Waals surface area contributed by atoms with Crippen LogP contribution >= 0.6 is 51.0 Å². The molecule has 0 bridgehead atoms. The number of pyridine rings is 2. The van der Waals surface area contributed by atoms with Gasteiger partial charge in [0, 0.05) is 54.0 Å². The van der Waals surface area contributed by atoms with E-state index in [1.807, 2.05) is 12.3 Å². The molecule has 29 heteroatoms. The Morgan fingerprint density at radius 2 is 1.08 bits per heavy atom. The van der Waals surface area contributed by atoms with Crippen LogP contribution in [0.2, 0.25) is 5.15 Å². The molecule has 3 N–H and O–H groups in total. The summed E-state index contributed by atoms with van der Waals surface area (Å²) in [5.74, 6) is 3.47. The average molecular weight is 1430 g/mol. The van der Waals surface area contributed by atoms with Gasteiger partial charge in [-0.25, -0.2) is 45.6 Å². The largest absolute Gasteiger partial charge is 1.00 e. The normalized spacial score (nSPS) is 20.7. The van der Waals surface area contributed by atoms with Crippen molar-refractivity contribution in [2.24, 2.45) is 45.3 Å². The number of carbonyl (C=O) groups excluding carboxylic acids is 3. The third-order valence-corrected chi connectivity index (χ3v) is 22.9. The first-order chi connectivity index (χ1) is 41.2. The number of amides is 2. The Morgan fingerprint density at radius 1 is 0.663 bits per heavy atom. The van der Waals surface area contributed by atoms with Crippen LogP contribution in [0.15, 0.2) is 107 Å². The number of aromatic nitrogens is 6. The van der Waals surface area contributed by atoms with Crippen LogP contribution in [0, 0.1) is 59.2 Å². The third-order valence-electron chi connectivity index (χ3n) is 19.6. The average Bonchev–Trinajstić information content (AvgIpc) is 1.46. The number of anilines is 1. The fourth-order valence-electron chi connectivity index (χ4n) is 14.9. The minimum absolute atomic E-state index is 0. The molecule has 2 atom stereocenters. The molecule has 14 rings (SSSR count). The van der Waals surface area contributed by atoms with Crippen molar-refractivity contribution in [2.75, 3.05) is 31.2 Å². The number of rotatable bonds is 16. The first kappa shape index (κ1) is 78.3. The van der Waals surface area contributed by atoms with Crippen LogP contribution in [0.25, 0.3) is 11.6 Å². The van der Waals surface area contributed by atoms with Gasteiger partial charge in [0.15, 0.2) is 11.6 Å². The molecule has 6 aromatic rings. The van der Waals surface area contributed by atoms with Crippen LogP contribution in [0.3, 0.4) is 0 Å². The quantitative estimate of drug-likeness (QED) is 0.0412. The number of hydrogen-bond acceptors (Lipinski definition) is 17. The molecule has 490 valence electrons. The van der Waals surface area contributed by atoms with Gasteiger partial charge in [0.25, 0.3) is 38.3 Å². The minimum Gasteiger partial charge on any atom is -1.00 e. The van der Waals surface area contributed by atoms with Crippen molar-refractivity contribution >= 4 is 95.2 Å². The molecule has 0 unspecified atom stereocenters. The number of hydrogen-bond donors (Lipinski definition) is 3. The monoisotopic (exact) mass is 1430 g/mol. The van der Waals surface area contributed by atoms with Crippen LogP contribution in [0.4, 0.5) is 5.82 Å². The maximum atomic E-state index is 13.5. The van der Waals surface area contributed by atoms with E-state index in [-0.39, 0.29) is 182 Å². The van der Waals surface area contributed by atoms with Crippen LogP contribution in [-0.4, -0.2) is 102 Å².